The van der Waals surface area contributed by atoms with Crippen LogP contribution in [0.1, 0.15) is 16.1 Å². The van der Waals surface area contributed by atoms with Crippen LogP contribution < -0.4 is 19.2 Å². The number of pyridine rings is 1. The Morgan fingerprint density at radius 1 is 1.13 bits per heavy atom. The van der Waals surface area contributed by atoms with Crippen molar-refractivity contribution in [1.29, 1.82) is 0 Å². The molecule has 5 rings (SSSR count). The number of aromatic nitrogens is 1. The summed E-state index contributed by atoms with van der Waals surface area (Å²) in [6.45, 7) is 0.192. The maximum absolute atomic E-state index is 12.9. The lowest BCUT2D eigenvalue weighted by atomic mass is 9.84. The zero-order chi connectivity index (χ0) is 15.6. The Morgan fingerprint density at radius 2 is 2.04 bits per heavy atom. The van der Waals surface area contributed by atoms with E-state index in [9.17, 15) is 4.79 Å². The summed E-state index contributed by atoms with van der Waals surface area (Å²) in [5.74, 6) is 2.01. The number of benzene rings is 2. The first-order valence-corrected chi connectivity index (χ1v) is 7.28. The zero-order valence-electron chi connectivity index (χ0n) is 12.3. The van der Waals surface area contributed by atoms with Gasteiger partial charge in [-0.3, -0.25) is 4.79 Å². The van der Waals surface area contributed by atoms with Crippen LogP contribution in [0, 0.1) is 0 Å². The summed E-state index contributed by atoms with van der Waals surface area (Å²) in [7, 11) is 1.59. The van der Waals surface area contributed by atoms with Crippen LogP contribution in [0.15, 0.2) is 36.5 Å². The minimum absolute atomic E-state index is 0.0455. The summed E-state index contributed by atoms with van der Waals surface area (Å²) in [5, 5.41) is 1.83. The molecule has 0 radical (unpaired) electrons. The van der Waals surface area contributed by atoms with Crippen LogP contribution in [0.4, 0.5) is 0 Å². The molecule has 1 aromatic heterocycles. The van der Waals surface area contributed by atoms with Crippen LogP contribution in [0.25, 0.3) is 21.9 Å². The van der Waals surface area contributed by atoms with Crippen LogP contribution in [-0.2, 0) is 0 Å². The van der Waals surface area contributed by atoms with Crippen molar-refractivity contribution in [3.63, 3.8) is 0 Å². The van der Waals surface area contributed by atoms with Crippen molar-refractivity contribution in [2.45, 2.75) is 0 Å². The molecule has 0 saturated heterocycles. The molecule has 2 aromatic carbocycles. The molecular formula is C18H12NO4+. The number of nitrogens with one attached hydrogen (secondary N) is 1. The zero-order valence-corrected chi connectivity index (χ0v) is 12.3. The van der Waals surface area contributed by atoms with Gasteiger partial charge < -0.3 is 14.2 Å². The first kappa shape index (κ1) is 12.5. The van der Waals surface area contributed by atoms with Crippen LogP contribution in [-0.4, -0.2) is 19.7 Å². The van der Waals surface area contributed by atoms with E-state index in [1.807, 2.05) is 24.3 Å². The molecule has 0 atom stereocenters. The van der Waals surface area contributed by atoms with Gasteiger partial charge in [0.05, 0.1) is 12.5 Å². The van der Waals surface area contributed by atoms with E-state index in [-0.39, 0.29) is 12.6 Å². The average molecular weight is 306 g/mol. The Kier molecular flexibility index (Phi) is 2.29. The molecular weight excluding hydrogens is 294 g/mol. The molecule has 0 fully saturated rings. The monoisotopic (exact) mass is 306 g/mol. The van der Waals surface area contributed by atoms with E-state index in [1.165, 1.54) is 0 Å². The quantitative estimate of drug-likeness (QED) is 0.542. The summed E-state index contributed by atoms with van der Waals surface area (Å²) in [4.78, 5) is 16.0. The minimum atomic E-state index is -0.0455. The third kappa shape index (κ3) is 1.51. The number of carbonyl (C=O) groups excluding carboxylic acids is 1. The van der Waals surface area contributed by atoms with Gasteiger partial charge in [-0.25, -0.2) is 4.98 Å². The van der Waals surface area contributed by atoms with E-state index < -0.39 is 0 Å². The second-order valence-corrected chi connectivity index (χ2v) is 5.54. The van der Waals surface area contributed by atoms with Gasteiger partial charge in [0.2, 0.25) is 6.79 Å². The molecule has 1 N–H and O–H groups in total. The molecule has 2 aliphatic rings. The number of rotatable bonds is 1. The van der Waals surface area contributed by atoms with Crippen LogP contribution in [0.3, 0.4) is 0 Å². The van der Waals surface area contributed by atoms with E-state index in [2.05, 4.69) is 4.98 Å². The second-order valence-electron chi connectivity index (χ2n) is 5.54. The standard InChI is InChI=1S/C18H11NO4/c1-21-10-2-3-11-12(7-10)17(20)16-14-9(4-5-19-16)6-13-18(15(11)14)23-8-22-13/h2-7H,8H2,1H3/p+1. The number of ketones is 1. The van der Waals surface area contributed by atoms with Gasteiger partial charge in [0.1, 0.15) is 5.75 Å². The number of fused-ring (bicyclic) bond motifs is 4. The highest BCUT2D eigenvalue weighted by Gasteiger charge is 2.35. The van der Waals surface area contributed by atoms with Gasteiger partial charge in [0, 0.05) is 17.2 Å². The molecule has 0 bridgehead atoms. The highest BCUT2D eigenvalue weighted by molar-refractivity contribution is 6.25. The Labute approximate surface area is 131 Å². The molecule has 0 spiro atoms. The molecule has 0 unspecified atom stereocenters. The highest BCUT2D eigenvalue weighted by atomic mass is 16.7. The van der Waals surface area contributed by atoms with Crippen LogP contribution in [0.5, 0.6) is 17.2 Å². The summed E-state index contributed by atoms with van der Waals surface area (Å²) >= 11 is 0. The van der Waals surface area contributed by atoms with Gasteiger partial charge in [0.15, 0.2) is 17.7 Å². The van der Waals surface area contributed by atoms with Crippen molar-refractivity contribution < 1.29 is 24.0 Å². The van der Waals surface area contributed by atoms with Crippen molar-refractivity contribution in [3.05, 3.63) is 47.8 Å². The molecule has 1 aliphatic carbocycles. The fourth-order valence-electron chi connectivity index (χ4n) is 3.38. The van der Waals surface area contributed by atoms with E-state index in [4.69, 9.17) is 14.2 Å². The lowest BCUT2D eigenvalue weighted by Crippen LogP contribution is -2.21. The number of carbonyl (C=O) groups is 1. The molecule has 2 heterocycles. The van der Waals surface area contributed by atoms with Crippen LogP contribution in [0.2, 0.25) is 0 Å². The molecule has 112 valence electrons. The van der Waals surface area contributed by atoms with Crippen molar-refractivity contribution >= 4 is 16.6 Å². The van der Waals surface area contributed by atoms with Gasteiger partial charge in [-0.2, -0.15) is 0 Å². The fraction of sp³-hybridized carbons (Fsp3) is 0.111. The molecule has 23 heavy (non-hydrogen) atoms. The summed E-state index contributed by atoms with van der Waals surface area (Å²) < 4.78 is 16.5. The smallest absolute Gasteiger partial charge is 0.260 e. The van der Waals surface area contributed by atoms with Crippen molar-refractivity contribution in [2.24, 2.45) is 0 Å². The van der Waals surface area contributed by atoms with Gasteiger partial charge in [0.25, 0.3) is 11.5 Å². The van der Waals surface area contributed by atoms with Crippen molar-refractivity contribution in [1.82, 2.24) is 0 Å². The summed E-state index contributed by atoms with van der Waals surface area (Å²) in [6.07, 6.45) is 1.77. The van der Waals surface area contributed by atoms with E-state index in [0.717, 1.165) is 21.9 Å². The van der Waals surface area contributed by atoms with E-state index in [1.54, 1.807) is 19.4 Å². The summed E-state index contributed by atoms with van der Waals surface area (Å²) in [5.41, 5.74) is 2.91. The molecule has 5 nitrogen and oxygen atoms in total. The summed E-state index contributed by atoms with van der Waals surface area (Å²) in [6, 6.07) is 9.37. The van der Waals surface area contributed by atoms with Crippen molar-refractivity contribution in [2.75, 3.05) is 13.9 Å². The maximum atomic E-state index is 12.9. The predicted molar refractivity (Wildman–Crippen MR) is 82.0 cm³/mol. The predicted octanol–water partition coefficient (Wildman–Crippen LogP) is 2.60. The van der Waals surface area contributed by atoms with Crippen molar-refractivity contribution in [3.8, 4) is 28.4 Å². The van der Waals surface area contributed by atoms with E-state index >= 15 is 0 Å². The molecule has 0 amide bonds. The highest BCUT2D eigenvalue weighted by Crippen LogP contribution is 2.50. The number of hydrogen-bond donors (Lipinski definition) is 0. The minimum Gasteiger partial charge on any atom is -0.497 e. The van der Waals surface area contributed by atoms with Gasteiger partial charge >= 0.3 is 0 Å². The van der Waals surface area contributed by atoms with Gasteiger partial charge in [-0.05, 0) is 35.2 Å². The lowest BCUT2D eigenvalue weighted by molar-refractivity contribution is -0.379. The third-order valence-corrected chi connectivity index (χ3v) is 4.40. The first-order valence-electron chi connectivity index (χ1n) is 7.28. The van der Waals surface area contributed by atoms with Gasteiger partial charge in [-0.1, -0.05) is 0 Å². The number of aromatic amines is 1. The maximum Gasteiger partial charge on any atom is 0.260 e. The Morgan fingerprint density at radius 3 is 2.91 bits per heavy atom. The molecule has 5 heteroatoms. The SMILES string of the molecule is COc1ccc2c(c1)C(=O)c1[nH+]ccc3cc4c(c-2c13)OCO4. The Balaban J connectivity index is 1.98. The van der Waals surface area contributed by atoms with E-state index in [0.29, 0.717) is 28.5 Å². The normalized spacial score (nSPS) is 14.0. The molecule has 1 aliphatic heterocycles. The number of methoxy groups -OCH3 is 1. The second kappa shape index (κ2) is 4.23. The van der Waals surface area contributed by atoms with Crippen LogP contribution >= 0.6 is 0 Å². The number of H-pyrrole nitrogens is 1. The Hall–Kier alpha value is -3.08. The molecule has 3 aromatic rings. The first-order chi connectivity index (χ1) is 11.3. The third-order valence-electron chi connectivity index (χ3n) is 4.40. The average Bonchev–Trinajstić information content (AvgIpc) is 3.05. The molecule has 0 saturated carbocycles. The topological polar surface area (TPSA) is 58.9 Å². The number of ether oxygens (including phenoxy) is 3. The van der Waals surface area contributed by atoms with Gasteiger partial charge in [-0.15, -0.1) is 0 Å². The largest absolute Gasteiger partial charge is 0.497 e. The fourth-order valence-corrected chi connectivity index (χ4v) is 3.38. The Bertz CT molecular complexity index is 1010. The number of hydrogen-bond acceptors (Lipinski definition) is 4. The lowest BCUT2D eigenvalue weighted by Gasteiger charge is -2.18.